The minimum Gasteiger partial charge on any atom is -0.329 e. The fraction of sp³-hybridized carbons (Fsp3) is 0.111. The molecule has 0 radical (unpaired) electrons. The van der Waals surface area contributed by atoms with Gasteiger partial charge in [-0.1, -0.05) is 41.1 Å². The van der Waals surface area contributed by atoms with Crippen LogP contribution in [0.5, 0.6) is 0 Å². The van der Waals surface area contributed by atoms with Crippen LogP contribution in [0.25, 0.3) is 12.2 Å². The van der Waals surface area contributed by atoms with Crippen LogP contribution >= 0.6 is 0 Å². The molecule has 6 nitrogen and oxygen atoms in total. The minimum absolute atomic E-state index is 0.116. The number of halogens is 3. The maximum atomic E-state index is 12.5. The molecule has 3 rings (SSSR count). The number of benzene rings is 2. The van der Waals surface area contributed by atoms with Gasteiger partial charge in [-0.15, -0.1) is 0 Å². The Bertz CT molecular complexity index is 1100. The molecule has 28 heavy (non-hydrogen) atoms. The number of sulfonamides is 1. The number of nitrogens with zero attached hydrogens (tertiary/aromatic N) is 2. The van der Waals surface area contributed by atoms with Gasteiger partial charge in [0.1, 0.15) is 0 Å². The fourth-order valence-corrected chi connectivity index (χ4v) is 3.28. The first kappa shape index (κ1) is 19.6. The van der Waals surface area contributed by atoms with Crippen molar-refractivity contribution in [3.63, 3.8) is 0 Å². The zero-order valence-corrected chi connectivity index (χ0v) is 15.3. The Labute approximate surface area is 158 Å². The van der Waals surface area contributed by atoms with Crippen LogP contribution in [0.2, 0.25) is 0 Å². The summed E-state index contributed by atoms with van der Waals surface area (Å²) in [4.78, 5) is 3.34. The smallest absolute Gasteiger partial charge is 0.329 e. The predicted octanol–water partition coefficient (Wildman–Crippen LogP) is 4.37. The van der Waals surface area contributed by atoms with Gasteiger partial charge in [-0.3, -0.25) is 4.72 Å². The molecule has 0 aliphatic heterocycles. The summed E-state index contributed by atoms with van der Waals surface area (Å²) < 4.78 is 68.8. The standard InChI is InChI=1S/C18H14F3N3O3S/c1-12-5-8-15(9-6-12)28(25,26)24-14-4-2-3-13(11-14)7-10-16-22-17(27-23-16)18(19,20)21/h2-11,24H,1H3. The van der Waals surface area contributed by atoms with Gasteiger partial charge in [0, 0.05) is 5.69 Å². The minimum atomic E-state index is -4.72. The first-order chi connectivity index (χ1) is 13.1. The van der Waals surface area contributed by atoms with Crippen LogP contribution in [-0.2, 0) is 16.2 Å². The molecule has 0 spiro atoms. The van der Waals surface area contributed by atoms with E-state index in [9.17, 15) is 21.6 Å². The summed E-state index contributed by atoms with van der Waals surface area (Å²) in [5, 5.41) is 3.22. The Kier molecular flexibility index (Phi) is 5.23. The Hall–Kier alpha value is -3.14. The summed E-state index contributed by atoms with van der Waals surface area (Å²) in [6.45, 7) is 1.85. The molecule has 0 saturated carbocycles. The normalized spacial score (nSPS) is 12.4. The second-order valence-electron chi connectivity index (χ2n) is 5.83. The predicted molar refractivity (Wildman–Crippen MR) is 96.7 cm³/mol. The molecule has 146 valence electrons. The molecule has 2 aromatic carbocycles. The average Bonchev–Trinajstić information content (AvgIpc) is 3.10. The molecule has 0 amide bonds. The first-order valence-corrected chi connectivity index (χ1v) is 9.40. The van der Waals surface area contributed by atoms with Crippen molar-refractivity contribution >= 4 is 27.9 Å². The van der Waals surface area contributed by atoms with E-state index in [2.05, 4.69) is 19.4 Å². The van der Waals surface area contributed by atoms with Gasteiger partial charge in [0.25, 0.3) is 10.0 Å². The van der Waals surface area contributed by atoms with Gasteiger partial charge in [-0.2, -0.15) is 18.2 Å². The van der Waals surface area contributed by atoms with Gasteiger partial charge in [0.15, 0.2) is 5.82 Å². The zero-order chi connectivity index (χ0) is 20.4. The second kappa shape index (κ2) is 7.47. The highest BCUT2D eigenvalue weighted by Gasteiger charge is 2.38. The van der Waals surface area contributed by atoms with Gasteiger partial charge >= 0.3 is 12.1 Å². The van der Waals surface area contributed by atoms with Crippen molar-refractivity contribution in [2.45, 2.75) is 18.0 Å². The Morgan fingerprint density at radius 2 is 1.79 bits per heavy atom. The van der Waals surface area contributed by atoms with E-state index < -0.39 is 22.1 Å². The van der Waals surface area contributed by atoms with E-state index in [-0.39, 0.29) is 10.7 Å². The van der Waals surface area contributed by atoms with Gasteiger partial charge < -0.3 is 4.52 Å². The third-order valence-electron chi connectivity index (χ3n) is 3.58. The largest absolute Gasteiger partial charge is 0.471 e. The van der Waals surface area contributed by atoms with Crippen molar-refractivity contribution in [1.82, 2.24) is 10.1 Å². The number of nitrogens with one attached hydrogen (secondary N) is 1. The van der Waals surface area contributed by atoms with Crippen LogP contribution in [0.1, 0.15) is 22.8 Å². The van der Waals surface area contributed by atoms with Gasteiger partial charge in [0.2, 0.25) is 0 Å². The fourth-order valence-electron chi connectivity index (χ4n) is 2.23. The molecule has 0 bridgehead atoms. The van der Waals surface area contributed by atoms with Gasteiger partial charge in [-0.05, 0) is 42.8 Å². The first-order valence-electron chi connectivity index (χ1n) is 7.92. The lowest BCUT2D eigenvalue weighted by atomic mass is 10.2. The third kappa shape index (κ3) is 4.77. The summed E-state index contributed by atoms with van der Waals surface area (Å²) in [5.74, 6) is -1.69. The molecule has 0 saturated heterocycles. The van der Waals surface area contributed by atoms with E-state index in [1.807, 2.05) is 6.92 Å². The van der Waals surface area contributed by atoms with Crippen molar-refractivity contribution in [3.8, 4) is 0 Å². The number of alkyl halides is 3. The number of aryl methyl sites for hydroxylation is 1. The maximum absolute atomic E-state index is 12.5. The van der Waals surface area contributed by atoms with Crippen molar-refractivity contribution in [2.75, 3.05) is 4.72 Å². The van der Waals surface area contributed by atoms with Crippen LogP contribution in [0.15, 0.2) is 57.9 Å². The summed E-state index contributed by atoms with van der Waals surface area (Å²) in [6.07, 6.45) is -2.05. The molecular formula is C18H14F3N3O3S. The molecule has 0 aliphatic rings. The zero-order valence-electron chi connectivity index (χ0n) is 14.4. The highest BCUT2D eigenvalue weighted by Crippen LogP contribution is 2.27. The van der Waals surface area contributed by atoms with E-state index in [0.29, 0.717) is 11.3 Å². The lowest BCUT2D eigenvalue weighted by Crippen LogP contribution is -2.12. The number of aromatic nitrogens is 2. The molecule has 1 aromatic heterocycles. The number of hydrogen-bond donors (Lipinski definition) is 1. The van der Waals surface area contributed by atoms with Crippen LogP contribution in [0.4, 0.5) is 18.9 Å². The molecule has 1 N–H and O–H groups in total. The van der Waals surface area contributed by atoms with Gasteiger partial charge in [-0.25, -0.2) is 8.42 Å². The van der Waals surface area contributed by atoms with Gasteiger partial charge in [0.05, 0.1) is 4.90 Å². The van der Waals surface area contributed by atoms with Crippen LogP contribution < -0.4 is 4.72 Å². The molecule has 0 fully saturated rings. The molecule has 10 heteroatoms. The summed E-state index contributed by atoms with van der Waals surface area (Å²) in [6, 6.07) is 12.7. The Morgan fingerprint density at radius 3 is 2.43 bits per heavy atom. The topological polar surface area (TPSA) is 85.1 Å². The van der Waals surface area contributed by atoms with Crippen molar-refractivity contribution in [1.29, 1.82) is 0 Å². The molecule has 0 aliphatic carbocycles. The maximum Gasteiger partial charge on any atom is 0.471 e. The average molecular weight is 409 g/mol. The summed E-state index contributed by atoms with van der Waals surface area (Å²) >= 11 is 0. The highest BCUT2D eigenvalue weighted by atomic mass is 32.2. The molecular weight excluding hydrogens is 395 g/mol. The Morgan fingerprint density at radius 1 is 1.07 bits per heavy atom. The number of anilines is 1. The van der Waals surface area contributed by atoms with Crippen LogP contribution in [0.3, 0.4) is 0 Å². The van der Waals surface area contributed by atoms with E-state index in [1.165, 1.54) is 30.4 Å². The lowest BCUT2D eigenvalue weighted by Gasteiger charge is -2.09. The van der Waals surface area contributed by atoms with E-state index in [0.717, 1.165) is 5.56 Å². The summed E-state index contributed by atoms with van der Waals surface area (Å²) in [7, 11) is -3.77. The van der Waals surface area contributed by atoms with Crippen molar-refractivity contribution in [2.24, 2.45) is 0 Å². The van der Waals surface area contributed by atoms with E-state index in [4.69, 9.17) is 0 Å². The summed E-state index contributed by atoms with van der Waals surface area (Å²) in [5.41, 5.74) is 1.76. The SMILES string of the molecule is Cc1ccc(S(=O)(=O)Nc2cccc(C=Cc3noc(C(F)(F)F)n3)c2)cc1. The third-order valence-corrected chi connectivity index (χ3v) is 4.98. The molecule has 1 heterocycles. The number of rotatable bonds is 5. The van der Waals surface area contributed by atoms with Crippen LogP contribution in [0, 0.1) is 6.92 Å². The monoisotopic (exact) mass is 409 g/mol. The lowest BCUT2D eigenvalue weighted by molar-refractivity contribution is -0.159. The second-order valence-corrected chi connectivity index (χ2v) is 7.52. The van der Waals surface area contributed by atoms with Crippen LogP contribution in [-0.4, -0.2) is 18.6 Å². The molecule has 0 atom stereocenters. The Balaban J connectivity index is 1.77. The number of hydrogen-bond acceptors (Lipinski definition) is 5. The quantitative estimate of drug-likeness (QED) is 0.677. The highest BCUT2D eigenvalue weighted by molar-refractivity contribution is 7.92. The molecule has 0 unspecified atom stereocenters. The van der Waals surface area contributed by atoms with E-state index in [1.54, 1.807) is 30.3 Å². The van der Waals surface area contributed by atoms with Crippen molar-refractivity contribution < 1.29 is 26.1 Å². The van der Waals surface area contributed by atoms with Crippen molar-refractivity contribution in [3.05, 3.63) is 71.4 Å². The van der Waals surface area contributed by atoms with E-state index >= 15 is 0 Å². The molecule has 3 aromatic rings.